The van der Waals surface area contributed by atoms with Crippen LogP contribution in [0.3, 0.4) is 0 Å². The molecule has 0 radical (unpaired) electrons. The third-order valence-electron chi connectivity index (χ3n) is 3.14. The summed E-state index contributed by atoms with van der Waals surface area (Å²) in [4.78, 5) is 13.8. The lowest BCUT2D eigenvalue weighted by atomic mass is 9.97. The molecular weight excluding hydrogens is 232 g/mol. The maximum Gasteiger partial charge on any atom is 0.292 e. The van der Waals surface area contributed by atoms with Crippen molar-refractivity contribution >= 4 is 5.91 Å². The molecule has 0 aliphatic carbocycles. The first kappa shape index (κ1) is 12.8. The predicted octanol–water partition coefficient (Wildman–Crippen LogP) is 1.73. The van der Waals surface area contributed by atoms with Crippen LogP contribution < -0.4 is 0 Å². The molecule has 0 saturated carbocycles. The van der Waals surface area contributed by atoms with Gasteiger partial charge in [0.25, 0.3) is 5.91 Å². The minimum absolute atomic E-state index is 0.0713. The molecule has 0 N–H and O–H groups in total. The van der Waals surface area contributed by atoms with Gasteiger partial charge in [-0.2, -0.15) is 0 Å². The number of hydrogen-bond acceptors (Lipinski definition) is 4. The van der Waals surface area contributed by atoms with Gasteiger partial charge in [-0.1, -0.05) is 11.2 Å². The quantitative estimate of drug-likeness (QED) is 0.590. The normalized spacial score (nSPS) is 16.8. The van der Waals surface area contributed by atoms with E-state index in [0.717, 1.165) is 32.5 Å². The van der Waals surface area contributed by atoms with E-state index in [4.69, 9.17) is 9.26 Å². The lowest BCUT2D eigenvalue weighted by Crippen LogP contribution is -2.39. The van der Waals surface area contributed by atoms with Crippen LogP contribution in [0.25, 0.3) is 0 Å². The largest absolute Gasteiger partial charge is 0.377 e. The minimum Gasteiger partial charge on any atom is -0.377 e. The lowest BCUT2D eigenvalue weighted by molar-refractivity contribution is 0.0543. The van der Waals surface area contributed by atoms with Crippen molar-refractivity contribution in [3.63, 3.8) is 0 Å². The van der Waals surface area contributed by atoms with Crippen LogP contribution in [-0.4, -0.2) is 42.3 Å². The number of amides is 1. The molecule has 2 rings (SSSR count). The SMILES string of the molecule is C=CCOCC1CCN(C(=O)c2ccno2)CC1. The van der Waals surface area contributed by atoms with E-state index in [0.29, 0.717) is 18.3 Å². The van der Waals surface area contributed by atoms with Gasteiger partial charge in [0.2, 0.25) is 5.76 Å². The Labute approximate surface area is 106 Å². The average Bonchev–Trinajstić information content (AvgIpc) is 2.93. The van der Waals surface area contributed by atoms with Crippen LogP contribution in [0, 0.1) is 5.92 Å². The Hall–Kier alpha value is -1.62. The third kappa shape index (κ3) is 3.20. The summed E-state index contributed by atoms with van der Waals surface area (Å²) in [6, 6.07) is 1.60. The minimum atomic E-state index is -0.0713. The molecule has 0 atom stereocenters. The Kier molecular flexibility index (Phi) is 4.52. The van der Waals surface area contributed by atoms with E-state index in [1.165, 1.54) is 6.20 Å². The Bertz CT molecular complexity index is 381. The highest BCUT2D eigenvalue weighted by molar-refractivity contribution is 5.91. The maximum atomic E-state index is 12.0. The van der Waals surface area contributed by atoms with Crippen molar-refractivity contribution in [1.29, 1.82) is 0 Å². The molecule has 1 aromatic heterocycles. The van der Waals surface area contributed by atoms with Crippen LogP contribution in [0.4, 0.5) is 0 Å². The van der Waals surface area contributed by atoms with E-state index < -0.39 is 0 Å². The zero-order chi connectivity index (χ0) is 12.8. The summed E-state index contributed by atoms with van der Waals surface area (Å²) in [6.07, 6.45) is 5.18. The second kappa shape index (κ2) is 6.35. The molecular formula is C13H18N2O3. The number of nitrogens with zero attached hydrogens (tertiary/aromatic N) is 2. The van der Waals surface area contributed by atoms with Gasteiger partial charge < -0.3 is 14.2 Å². The second-order valence-electron chi connectivity index (χ2n) is 4.44. The Morgan fingerprint density at radius 3 is 3.00 bits per heavy atom. The standard InChI is InChI=1S/C13H18N2O3/c1-2-9-17-10-11-4-7-15(8-5-11)13(16)12-3-6-14-18-12/h2-3,6,11H,1,4-5,7-10H2. The molecule has 1 saturated heterocycles. The van der Waals surface area contributed by atoms with Crippen molar-refractivity contribution in [3.05, 3.63) is 30.7 Å². The first-order valence-corrected chi connectivity index (χ1v) is 6.20. The molecule has 5 nitrogen and oxygen atoms in total. The molecule has 1 aliphatic heterocycles. The van der Waals surface area contributed by atoms with E-state index >= 15 is 0 Å². The van der Waals surface area contributed by atoms with Crippen molar-refractivity contribution in [1.82, 2.24) is 10.1 Å². The van der Waals surface area contributed by atoms with Gasteiger partial charge >= 0.3 is 0 Å². The Morgan fingerprint density at radius 1 is 1.61 bits per heavy atom. The fraction of sp³-hybridized carbons (Fsp3) is 0.538. The van der Waals surface area contributed by atoms with Gasteiger partial charge in [-0.15, -0.1) is 6.58 Å². The van der Waals surface area contributed by atoms with Gasteiger partial charge in [-0.3, -0.25) is 4.79 Å². The highest BCUT2D eigenvalue weighted by Crippen LogP contribution is 2.19. The molecule has 1 aliphatic rings. The number of carbonyl (C=O) groups excluding carboxylic acids is 1. The zero-order valence-corrected chi connectivity index (χ0v) is 10.4. The van der Waals surface area contributed by atoms with Crippen molar-refractivity contribution < 1.29 is 14.1 Å². The fourth-order valence-electron chi connectivity index (χ4n) is 2.10. The van der Waals surface area contributed by atoms with Gasteiger partial charge in [0, 0.05) is 25.8 Å². The summed E-state index contributed by atoms with van der Waals surface area (Å²) in [5.74, 6) is 0.776. The first-order chi connectivity index (χ1) is 8.81. The van der Waals surface area contributed by atoms with E-state index in [1.807, 2.05) is 4.90 Å². The molecule has 1 amide bonds. The van der Waals surface area contributed by atoms with Crippen LogP contribution in [0.5, 0.6) is 0 Å². The van der Waals surface area contributed by atoms with Gasteiger partial charge in [0.1, 0.15) is 0 Å². The van der Waals surface area contributed by atoms with Gasteiger partial charge in [-0.25, -0.2) is 0 Å². The number of hydrogen-bond donors (Lipinski definition) is 0. The summed E-state index contributed by atoms with van der Waals surface area (Å²) >= 11 is 0. The third-order valence-corrected chi connectivity index (χ3v) is 3.14. The summed E-state index contributed by atoms with van der Waals surface area (Å²) in [5, 5.41) is 3.55. The highest BCUT2D eigenvalue weighted by Gasteiger charge is 2.25. The van der Waals surface area contributed by atoms with Crippen molar-refractivity contribution in [3.8, 4) is 0 Å². The summed E-state index contributed by atoms with van der Waals surface area (Å²) in [7, 11) is 0. The molecule has 98 valence electrons. The van der Waals surface area contributed by atoms with E-state index in [9.17, 15) is 4.79 Å². The topological polar surface area (TPSA) is 55.6 Å². The number of ether oxygens (including phenoxy) is 1. The number of carbonyl (C=O) groups is 1. The molecule has 5 heteroatoms. The second-order valence-corrected chi connectivity index (χ2v) is 4.44. The smallest absolute Gasteiger partial charge is 0.292 e. The highest BCUT2D eigenvalue weighted by atomic mass is 16.5. The van der Waals surface area contributed by atoms with Crippen LogP contribution in [0.1, 0.15) is 23.4 Å². The summed E-state index contributed by atoms with van der Waals surface area (Å²) < 4.78 is 10.3. The van der Waals surface area contributed by atoms with Crippen LogP contribution in [-0.2, 0) is 4.74 Å². The molecule has 0 spiro atoms. The van der Waals surface area contributed by atoms with E-state index in [-0.39, 0.29) is 5.91 Å². The van der Waals surface area contributed by atoms with Crippen LogP contribution in [0.2, 0.25) is 0 Å². The number of rotatable bonds is 5. The van der Waals surface area contributed by atoms with Crippen molar-refractivity contribution in [2.24, 2.45) is 5.92 Å². The molecule has 1 fully saturated rings. The van der Waals surface area contributed by atoms with Gasteiger partial charge in [0.05, 0.1) is 12.8 Å². The zero-order valence-electron chi connectivity index (χ0n) is 10.4. The monoisotopic (exact) mass is 250 g/mol. The lowest BCUT2D eigenvalue weighted by Gasteiger charge is -2.31. The van der Waals surface area contributed by atoms with Crippen LogP contribution >= 0.6 is 0 Å². The molecule has 0 bridgehead atoms. The van der Waals surface area contributed by atoms with Crippen molar-refractivity contribution in [2.45, 2.75) is 12.8 Å². The van der Waals surface area contributed by atoms with Gasteiger partial charge in [-0.05, 0) is 18.8 Å². The van der Waals surface area contributed by atoms with E-state index in [2.05, 4.69) is 11.7 Å². The predicted molar refractivity (Wildman–Crippen MR) is 66.1 cm³/mol. The molecule has 18 heavy (non-hydrogen) atoms. The molecule has 0 unspecified atom stereocenters. The maximum absolute atomic E-state index is 12.0. The molecule has 1 aromatic rings. The number of piperidine rings is 1. The number of aromatic nitrogens is 1. The number of likely N-dealkylation sites (tertiary alicyclic amines) is 1. The molecule has 0 aromatic carbocycles. The fourth-order valence-corrected chi connectivity index (χ4v) is 2.10. The van der Waals surface area contributed by atoms with Crippen molar-refractivity contribution in [2.75, 3.05) is 26.3 Å². The molecule has 2 heterocycles. The van der Waals surface area contributed by atoms with Gasteiger partial charge in [0.15, 0.2) is 0 Å². The van der Waals surface area contributed by atoms with Crippen LogP contribution in [0.15, 0.2) is 29.4 Å². The first-order valence-electron chi connectivity index (χ1n) is 6.20. The Morgan fingerprint density at radius 2 is 2.39 bits per heavy atom. The summed E-state index contributed by atoms with van der Waals surface area (Å²) in [6.45, 7) is 6.46. The average molecular weight is 250 g/mol. The summed E-state index contributed by atoms with van der Waals surface area (Å²) in [5.41, 5.74) is 0. The Balaban J connectivity index is 1.76. The van der Waals surface area contributed by atoms with E-state index in [1.54, 1.807) is 12.1 Å².